The van der Waals surface area contributed by atoms with Crippen LogP contribution in [-0.2, 0) is 16.6 Å². The molecule has 0 aliphatic carbocycles. The first-order valence-corrected chi connectivity index (χ1v) is 8.96. The smallest absolute Gasteiger partial charge is 0.262 e. The number of carbonyl (C=O) groups is 1. The average Bonchev–Trinajstić information content (AvgIpc) is 3.09. The lowest BCUT2D eigenvalue weighted by Crippen LogP contribution is -2.41. The number of morpholine rings is 1. The van der Waals surface area contributed by atoms with Gasteiger partial charge in [0.05, 0.1) is 29.9 Å². The van der Waals surface area contributed by atoms with Gasteiger partial charge in [-0.2, -0.15) is 0 Å². The molecule has 9 heteroatoms. The predicted octanol–water partition coefficient (Wildman–Crippen LogP) is 0.532. The van der Waals surface area contributed by atoms with Gasteiger partial charge in [0.15, 0.2) is 5.16 Å². The van der Waals surface area contributed by atoms with Crippen LogP contribution in [0.1, 0.15) is 0 Å². The highest BCUT2D eigenvalue weighted by Crippen LogP contribution is 2.21. The zero-order valence-corrected chi connectivity index (χ0v) is 14.5. The number of ether oxygens (including phenoxy) is 1. The number of aromatic nitrogens is 4. The van der Waals surface area contributed by atoms with E-state index >= 15 is 0 Å². The van der Waals surface area contributed by atoms with Crippen LogP contribution in [-0.4, -0.2) is 62.0 Å². The number of aryl methyl sites for hydroxylation is 1. The first-order chi connectivity index (χ1) is 12.2. The van der Waals surface area contributed by atoms with Gasteiger partial charge in [0.1, 0.15) is 0 Å². The Morgan fingerprint density at radius 2 is 2.00 bits per heavy atom. The summed E-state index contributed by atoms with van der Waals surface area (Å²) in [5.41, 5.74) is 0.628. The van der Waals surface area contributed by atoms with Gasteiger partial charge in [-0.1, -0.05) is 23.9 Å². The molecule has 130 valence electrons. The minimum absolute atomic E-state index is 0.0548. The van der Waals surface area contributed by atoms with Crippen molar-refractivity contribution in [1.82, 2.24) is 24.1 Å². The lowest BCUT2D eigenvalue weighted by atomic mass is 10.2. The van der Waals surface area contributed by atoms with Crippen LogP contribution < -0.4 is 5.56 Å². The summed E-state index contributed by atoms with van der Waals surface area (Å²) < 4.78 is 8.57. The Kier molecular flexibility index (Phi) is 4.18. The minimum atomic E-state index is -0.114. The van der Waals surface area contributed by atoms with Crippen molar-refractivity contribution in [2.45, 2.75) is 5.16 Å². The molecule has 3 aromatic rings. The van der Waals surface area contributed by atoms with Crippen LogP contribution in [0.2, 0.25) is 0 Å². The maximum absolute atomic E-state index is 12.4. The minimum Gasteiger partial charge on any atom is -0.378 e. The van der Waals surface area contributed by atoms with Crippen LogP contribution in [0.3, 0.4) is 0 Å². The van der Waals surface area contributed by atoms with Crippen LogP contribution in [0.15, 0.2) is 34.2 Å². The zero-order chi connectivity index (χ0) is 17.4. The van der Waals surface area contributed by atoms with Gasteiger partial charge < -0.3 is 9.64 Å². The molecule has 1 aromatic carbocycles. The van der Waals surface area contributed by atoms with Crippen LogP contribution in [0.4, 0.5) is 0 Å². The lowest BCUT2D eigenvalue weighted by Gasteiger charge is -2.26. The Morgan fingerprint density at radius 1 is 1.24 bits per heavy atom. The van der Waals surface area contributed by atoms with Gasteiger partial charge in [0.2, 0.25) is 11.7 Å². The molecule has 0 unspecified atom stereocenters. The largest absolute Gasteiger partial charge is 0.378 e. The molecule has 1 aliphatic rings. The Labute approximate surface area is 147 Å². The van der Waals surface area contributed by atoms with Crippen molar-refractivity contribution in [2.75, 3.05) is 32.1 Å². The number of hydrogen-bond donors (Lipinski definition) is 0. The van der Waals surface area contributed by atoms with Gasteiger partial charge in [0, 0.05) is 20.1 Å². The summed E-state index contributed by atoms with van der Waals surface area (Å²) in [4.78, 5) is 26.6. The number of benzene rings is 1. The molecule has 1 amide bonds. The van der Waals surface area contributed by atoms with E-state index < -0.39 is 0 Å². The van der Waals surface area contributed by atoms with E-state index in [1.807, 2.05) is 22.6 Å². The first kappa shape index (κ1) is 16.1. The standard InChI is InChI=1S/C16H17N5O3S/c1-19-14(23)11-4-2-3-5-12(11)21-15(19)17-18-16(21)25-10-13(22)20-6-8-24-9-7-20/h2-5H,6-10H2,1H3. The molecule has 0 radical (unpaired) electrons. The van der Waals surface area contributed by atoms with E-state index in [1.165, 1.54) is 16.3 Å². The summed E-state index contributed by atoms with van der Waals surface area (Å²) in [5, 5.41) is 9.51. The summed E-state index contributed by atoms with van der Waals surface area (Å²) in [6.45, 7) is 2.41. The summed E-state index contributed by atoms with van der Waals surface area (Å²) >= 11 is 1.33. The van der Waals surface area contributed by atoms with E-state index in [0.29, 0.717) is 42.6 Å². The zero-order valence-electron chi connectivity index (χ0n) is 13.7. The number of amides is 1. The fourth-order valence-corrected chi connectivity index (χ4v) is 3.78. The second kappa shape index (κ2) is 6.49. The van der Waals surface area contributed by atoms with Gasteiger partial charge >= 0.3 is 0 Å². The molecule has 0 spiro atoms. The topological polar surface area (TPSA) is 81.7 Å². The van der Waals surface area contributed by atoms with E-state index in [4.69, 9.17) is 4.74 Å². The van der Waals surface area contributed by atoms with E-state index in [0.717, 1.165) is 5.52 Å². The Balaban J connectivity index is 1.69. The molecule has 2 aromatic heterocycles. The molecule has 0 N–H and O–H groups in total. The second-order valence-electron chi connectivity index (χ2n) is 5.78. The third-order valence-corrected chi connectivity index (χ3v) is 5.20. The van der Waals surface area contributed by atoms with E-state index in [1.54, 1.807) is 18.0 Å². The van der Waals surface area contributed by atoms with Crippen molar-refractivity contribution < 1.29 is 9.53 Å². The maximum atomic E-state index is 12.4. The lowest BCUT2D eigenvalue weighted by molar-refractivity contribution is -0.132. The highest BCUT2D eigenvalue weighted by Gasteiger charge is 2.19. The summed E-state index contributed by atoms with van der Waals surface area (Å²) in [7, 11) is 1.67. The van der Waals surface area contributed by atoms with E-state index in [2.05, 4.69) is 10.2 Å². The highest BCUT2D eigenvalue weighted by atomic mass is 32.2. The molecule has 3 heterocycles. The third kappa shape index (κ3) is 2.79. The molecule has 8 nitrogen and oxygen atoms in total. The summed E-state index contributed by atoms with van der Waals surface area (Å²) in [6.07, 6.45) is 0. The summed E-state index contributed by atoms with van der Waals surface area (Å²) in [5.74, 6) is 0.794. The van der Waals surface area contributed by atoms with Crippen molar-refractivity contribution in [3.8, 4) is 0 Å². The normalized spacial score (nSPS) is 15.2. The van der Waals surface area contributed by atoms with Crippen LogP contribution >= 0.6 is 11.8 Å². The van der Waals surface area contributed by atoms with Crippen molar-refractivity contribution in [1.29, 1.82) is 0 Å². The first-order valence-electron chi connectivity index (χ1n) is 7.98. The van der Waals surface area contributed by atoms with Gasteiger partial charge in [-0.3, -0.25) is 18.6 Å². The number of hydrogen-bond acceptors (Lipinski definition) is 6. The van der Waals surface area contributed by atoms with Crippen molar-refractivity contribution in [3.05, 3.63) is 34.6 Å². The Morgan fingerprint density at radius 3 is 2.80 bits per heavy atom. The van der Waals surface area contributed by atoms with Crippen molar-refractivity contribution in [2.24, 2.45) is 7.05 Å². The maximum Gasteiger partial charge on any atom is 0.262 e. The molecule has 1 aliphatic heterocycles. The van der Waals surface area contributed by atoms with Crippen molar-refractivity contribution >= 4 is 34.3 Å². The van der Waals surface area contributed by atoms with Crippen LogP contribution in [0.5, 0.6) is 0 Å². The number of para-hydroxylation sites is 1. The van der Waals surface area contributed by atoms with Gasteiger partial charge in [-0.05, 0) is 12.1 Å². The average molecular weight is 359 g/mol. The van der Waals surface area contributed by atoms with Gasteiger partial charge in [-0.25, -0.2) is 0 Å². The monoisotopic (exact) mass is 359 g/mol. The summed E-state index contributed by atoms with van der Waals surface area (Å²) in [6, 6.07) is 7.34. The van der Waals surface area contributed by atoms with E-state index in [9.17, 15) is 9.59 Å². The van der Waals surface area contributed by atoms with Gasteiger partial charge in [-0.15, -0.1) is 10.2 Å². The molecular weight excluding hydrogens is 342 g/mol. The molecule has 25 heavy (non-hydrogen) atoms. The fraction of sp³-hybridized carbons (Fsp3) is 0.375. The molecule has 0 atom stereocenters. The number of carbonyl (C=O) groups excluding carboxylic acids is 1. The molecular formula is C16H17N5O3S. The molecule has 0 bridgehead atoms. The quantitative estimate of drug-likeness (QED) is 0.635. The van der Waals surface area contributed by atoms with Crippen LogP contribution in [0.25, 0.3) is 16.7 Å². The number of nitrogens with zero attached hydrogens (tertiary/aromatic N) is 5. The Bertz CT molecular complexity index is 1010. The molecule has 1 saturated heterocycles. The van der Waals surface area contributed by atoms with Crippen LogP contribution in [0, 0.1) is 0 Å². The second-order valence-corrected chi connectivity index (χ2v) is 6.72. The molecule has 0 saturated carbocycles. The predicted molar refractivity (Wildman–Crippen MR) is 93.9 cm³/mol. The third-order valence-electron chi connectivity index (χ3n) is 4.28. The molecule has 1 fully saturated rings. The number of rotatable bonds is 3. The van der Waals surface area contributed by atoms with Gasteiger partial charge in [0.25, 0.3) is 5.56 Å². The highest BCUT2D eigenvalue weighted by molar-refractivity contribution is 7.99. The van der Waals surface area contributed by atoms with E-state index in [-0.39, 0.29) is 17.2 Å². The number of fused-ring (bicyclic) bond motifs is 3. The number of thioether (sulfide) groups is 1. The molecule has 4 rings (SSSR count). The van der Waals surface area contributed by atoms with Crippen molar-refractivity contribution in [3.63, 3.8) is 0 Å². The fourth-order valence-electron chi connectivity index (χ4n) is 2.94. The SMILES string of the molecule is Cn1c(=O)c2ccccc2n2c(SCC(=O)N3CCOCC3)nnc12. The Hall–Kier alpha value is -2.39.